The summed E-state index contributed by atoms with van der Waals surface area (Å²) in [7, 11) is 0. The van der Waals surface area contributed by atoms with Crippen LogP contribution in [0.1, 0.15) is 12.0 Å². The first-order chi connectivity index (χ1) is 8.61. The zero-order valence-corrected chi connectivity index (χ0v) is 11.2. The third kappa shape index (κ3) is 2.76. The molecule has 0 spiro atoms. The molecule has 0 bridgehead atoms. The van der Waals surface area contributed by atoms with Crippen LogP contribution in [0.5, 0.6) is 0 Å². The van der Waals surface area contributed by atoms with Crippen LogP contribution in [-0.2, 0) is 0 Å². The number of aryl methyl sites for hydroxylation is 1. The Bertz CT molecular complexity index is 450. The maximum atomic E-state index is 11.9. The number of hydrogen-bond acceptors (Lipinski definition) is 2. The molecule has 0 saturated carbocycles. The van der Waals surface area contributed by atoms with E-state index in [-0.39, 0.29) is 6.03 Å². The molecule has 1 aromatic carbocycles. The van der Waals surface area contributed by atoms with E-state index < -0.39 is 0 Å². The molecule has 0 aliphatic carbocycles. The number of anilines is 1. The molecular weight excluding hydrogens is 250 g/mol. The zero-order chi connectivity index (χ0) is 13.1. The largest absolute Gasteiger partial charge is 0.337 e. The van der Waals surface area contributed by atoms with E-state index in [2.05, 4.69) is 5.32 Å². The molecule has 0 aromatic heterocycles. The Kier molecular flexibility index (Phi) is 4.09. The number of nitrogens with one attached hydrogen (secondary N) is 1. The van der Waals surface area contributed by atoms with Gasteiger partial charge in [-0.05, 0) is 49.6 Å². The number of halogens is 1. The maximum Gasteiger partial charge on any atom is 0.321 e. The minimum atomic E-state index is -0.0475. The van der Waals surface area contributed by atoms with Crippen molar-refractivity contribution in [3.05, 3.63) is 28.8 Å². The van der Waals surface area contributed by atoms with E-state index in [0.717, 1.165) is 17.7 Å². The number of rotatable bonds is 3. The lowest BCUT2D eigenvalue weighted by molar-refractivity contribution is 0.236. The van der Waals surface area contributed by atoms with E-state index in [1.165, 1.54) is 0 Å². The normalized spacial score (nSPS) is 19.8. The van der Waals surface area contributed by atoms with E-state index in [9.17, 15) is 4.79 Å². The molecule has 3 N–H and O–H groups in total. The number of carbonyl (C=O) groups excluding carboxylic acids is 1. The number of benzene rings is 1. The highest BCUT2D eigenvalue weighted by molar-refractivity contribution is 6.30. The van der Waals surface area contributed by atoms with Crippen LogP contribution in [-0.4, -0.2) is 25.7 Å². The Hall–Kier alpha value is -1.26. The molecule has 1 saturated heterocycles. The predicted octanol–water partition coefficient (Wildman–Crippen LogP) is 2.14. The van der Waals surface area contributed by atoms with E-state index in [1.807, 2.05) is 25.1 Å². The molecule has 2 amide bonds. The van der Waals surface area contributed by atoms with Crippen LogP contribution in [0.25, 0.3) is 0 Å². The highest BCUT2D eigenvalue weighted by atomic mass is 35.5. The summed E-state index contributed by atoms with van der Waals surface area (Å²) in [5, 5.41) is 3.59. The van der Waals surface area contributed by atoms with Crippen LogP contribution in [0.4, 0.5) is 10.5 Å². The number of hydrogen-bond donors (Lipinski definition) is 2. The third-order valence-corrected chi connectivity index (χ3v) is 3.49. The molecule has 1 unspecified atom stereocenters. The lowest BCUT2D eigenvalue weighted by atomic mass is 10.0. The average molecular weight is 268 g/mol. The van der Waals surface area contributed by atoms with Gasteiger partial charge in [-0.15, -0.1) is 0 Å². The van der Waals surface area contributed by atoms with Crippen molar-refractivity contribution in [1.82, 2.24) is 5.32 Å². The van der Waals surface area contributed by atoms with Gasteiger partial charge < -0.3 is 11.1 Å². The predicted molar refractivity (Wildman–Crippen MR) is 74.1 cm³/mol. The molecule has 5 heteroatoms. The number of urea groups is 1. The van der Waals surface area contributed by atoms with Gasteiger partial charge in [0.1, 0.15) is 0 Å². The molecule has 1 atom stereocenters. The van der Waals surface area contributed by atoms with E-state index >= 15 is 0 Å². The van der Waals surface area contributed by atoms with Crippen LogP contribution >= 0.6 is 11.6 Å². The molecule has 1 aromatic rings. The quantitative estimate of drug-likeness (QED) is 0.882. The summed E-state index contributed by atoms with van der Waals surface area (Å²) >= 11 is 5.94. The van der Waals surface area contributed by atoms with Gasteiger partial charge in [0.05, 0.1) is 0 Å². The van der Waals surface area contributed by atoms with Crippen LogP contribution in [0.2, 0.25) is 5.02 Å². The van der Waals surface area contributed by atoms with Crippen LogP contribution in [0.15, 0.2) is 18.2 Å². The SMILES string of the molecule is Cc1cc(Cl)ccc1N1CC(CCN)CNC1=O. The van der Waals surface area contributed by atoms with Crippen LogP contribution in [0.3, 0.4) is 0 Å². The minimum absolute atomic E-state index is 0.0475. The monoisotopic (exact) mass is 267 g/mol. The van der Waals surface area contributed by atoms with Crippen molar-refractivity contribution in [2.24, 2.45) is 11.7 Å². The van der Waals surface area contributed by atoms with Crippen molar-refractivity contribution in [2.75, 3.05) is 24.5 Å². The van der Waals surface area contributed by atoms with Crippen molar-refractivity contribution in [3.8, 4) is 0 Å². The maximum absolute atomic E-state index is 11.9. The van der Waals surface area contributed by atoms with Gasteiger partial charge in [-0.3, -0.25) is 4.90 Å². The Labute approximate surface area is 112 Å². The number of carbonyl (C=O) groups is 1. The molecule has 98 valence electrons. The lowest BCUT2D eigenvalue weighted by Gasteiger charge is -2.34. The summed E-state index contributed by atoms with van der Waals surface area (Å²) in [6, 6.07) is 5.52. The minimum Gasteiger partial charge on any atom is -0.337 e. The first-order valence-corrected chi connectivity index (χ1v) is 6.51. The summed E-state index contributed by atoms with van der Waals surface area (Å²) in [5.41, 5.74) is 7.50. The van der Waals surface area contributed by atoms with Crippen molar-refractivity contribution >= 4 is 23.3 Å². The van der Waals surface area contributed by atoms with E-state index in [4.69, 9.17) is 17.3 Å². The second-order valence-corrected chi connectivity index (χ2v) is 5.11. The van der Waals surface area contributed by atoms with E-state index in [0.29, 0.717) is 30.6 Å². The molecule has 4 nitrogen and oxygen atoms in total. The van der Waals surface area contributed by atoms with Crippen molar-refractivity contribution in [2.45, 2.75) is 13.3 Å². The van der Waals surface area contributed by atoms with Gasteiger partial charge in [0, 0.05) is 23.8 Å². The fraction of sp³-hybridized carbons (Fsp3) is 0.462. The summed E-state index contributed by atoms with van der Waals surface area (Å²) in [5.74, 6) is 0.405. The van der Waals surface area contributed by atoms with Gasteiger partial charge >= 0.3 is 6.03 Å². The number of amides is 2. The topological polar surface area (TPSA) is 58.4 Å². The molecule has 1 fully saturated rings. The second-order valence-electron chi connectivity index (χ2n) is 4.67. The molecule has 2 rings (SSSR count). The Morgan fingerprint density at radius 2 is 2.33 bits per heavy atom. The fourth-order valence-electron chi connectivity index (χ4n) is 2.29. The molecule has 1 aliphatic heterocycles. The Balaban J connectivity index is 2.21. The van der Waals surface area contributed by atoms with E-state index in [1.54, 1.807) is 4.90 Å². The average Bonchev–Trinajstić information content (AvgIpc) is 2.33. The second kappa shape index (κ2) is 5.59. The van der Waals surface area contributed by atoms with Gasteiger partial charge in [0.2, 0.25) is 0 Å². The summed E-state index contributed by atoms with van der Waals surface area (Å²) in [6.07, 6.45) is 0.920. The molecule has 0 radical (unpaired) electrons. The van der Waals surface area contributed by atoms with Crippen LogP contribution in [0, 0.1) is 12.8 Å². The Morgan fingerprint density at radius 1 is 1.56 bits per heavy atom. The lowest BCUT2D eigenvalue weighted by Crippen LogP contribution is -2.51. The van der Waals surface area contributed by atoms with Gasteiger partial charge in [0.15, 0.2) is 0 Å². The van der Waals surface area contributed by atoms with Crippen LogP contribution < -0.4 is 16.0 Å². The highest BCUT2D eigenvalue weighted by Crippen LogP contribution is 2.26. The van der Waals surface area contributed by atoms with Crippen molar-refractivity contribution in [3.63, 3.8) is 0 Å². The van der Waals surface area contributed by atoms with Gasteiger partial charge in [-0.2, -0.15) is 0 Å². The molecule has 1 heterocycles. The van der Waals surface area contributed by atoms with Crippen molar-refractivity contribution in [1.29, 1.82) is 0 Å². The smallest absolute Gasteiger partial charge is 0.321 e. The summed E-state index contributed by atoms with van der Waals surface area (Å²) in [6.45, 7) is 4.03. The third-order valence-electron chi connectivity index (χ3n) is 3.25. The van der Waals surface area contributed by atoms with Crippen molar-refractivity contribution < 1.29 is 4.79 Å². The number of nitrogens with two attached hydrogens (primary N) is 1. The molecular formula is C13H18ClN3O. The van der Waals surface area contributed by atoms with Gasteiger partial charge in [-0.1, -0.05) is 11.6 Å². The standard InChI is InChI=1S/C13H18ClN3O/c1-9-6-11(14)2-3-12(9)17-8-10(4-5-15)7-16-13(17)18/h2-3,6,10H,4-5,7-8,15H2,1H3,(H,16,18). The zero-order valence-electron chi connectivity index (χ0n) is 10.4. The first-order valence-electron chi connectivity index (χ1n) is 6.13. The fourth-order valence-corrected chi connectivity index (χ4v) is 2.52. The highest BCUT2D eigenvalue weighted by Gasteiger charge is 2.26. The number of nitrogens with zero attached hydrogens (tertiary/aromatic N) is 1. The van der Waals surface area contributed by atoms with Gasteiger partial charge in [-0.25, -0.2) is 4.79 Å². The van der Waals surface area contributed by atoms with Gasteiger partial charge in [0.25, 0.3) is 0 Å². The summed E-state index contributed by atoms with van der Waals surface area (Å²) in [4.78, 5) is 13.7. The first kappa shape index (κ1) is 13.2. The molecule has 1 aliphatic rings. The molecule has 18 heavy (non-hydrogen) atoms. The summed E-state index contributed by atoms with van der Waals surface area (Å²) < 4.78 is 0. The Morgan fingerprint density at radius 3 is 3.00 bits per heavy atom.